The normalized spacial score (nSPS) is 11.3. The molecule has 3 rings (SSSR count). The molecule has 0 atom stereocenters. The van der Waals surface area contributed by atoms with E-state index in [0.717, 1.165) is 23.3 Å². The first kappa shape index (κ1) is 14.4. The van der Waals surface area contributed by atoms with Gasteiger partial charge >= 0.3 is 0 Å². The van der Waals surface area contributed by atoms with E-state index in [1.165, 1.54) is 6.33 Å². The number of rotatable bonds is 6. The fourth-order valence-corrected chi connectivity index (χ4v) is 2.61. The van der Waals surface area contributed by atoms with Crippen LogP contribution >= 0.6 is 11.3 Å². The molecule has 0 fully saturated rings. The molecule has 0 radical (unpaired) electrons. The standard InChI is InChI=1S/C15H15N5OS/c21-14(6-5-13-4-2-8-22-13)16-7-1-3-12-9-17-15-18-11-19-20(15)10-12/h2,4-6,8-11H,1,3,7H2,(H,16,21). The van der Waals surface area contributed by atoms with E-state index in [1.807, 2.05) is 29.8 Å². The summed E-state index contributed by atoms with van der Waals surface area (Å²) in [6.07, 6.45) is 10.2. The Morgan fingerprint density at radius 2 is 2.36 bits per heavy atom. The first-order chi connectivity index (χ1) is 10.8. The van der Waals surface area contributed by atoms with E-state index in [-0.39, 0.29) is 5.91 Å². The van der Waals surface area contributed by atoms with Crippen LogP contribution in [0.1, 0.15) is 16.9 Å². The highest BCUT2D eigenvalue weighted by Gasteiger charge is 2.00. The minimum atomic E-state index is -0.0711. The van der Waals surface area contributed by atoms with Gasteiger partial charge in [0.1, 0.15) is 6.33 Å². The second kappa shape index (κ2) is 6.95. The summed E-state index contributed by atoms with van der Waals surface area (Å²) < 4.78 is 1.65. The summed E-state index contributed by atoms with van der Waals surface area (Å²) >= 11 is 1.61. The number of amides is 1. The number of aromatic nitrogens is 4. The molecule has 22 heavy (non-hydrogen) atoms. The molecule has 0 unspecified atom stereocenters. The fourth-order valence-electron chi connectivity index (χ4n) is 1.99. The van der Waals surface area contributed by atoms with Gasteiger partial charge in [-0.1, -0.05) is 6.07 Å². The van der Waals surface area contributed by atoms with E-state index in [4.69, 9.17) is 0 Å². The summed E-state index contributed by atoms with van der Waals surface area (Å²) in [6, 6.07) is 3.93. The molecule has 112 valence electrons. The van der Waals surface area contributed by atoms with E-state index in [9.17, 15) is 4.79 Å². The topological polar surface area (TPSA) is 72.2 Å². The van der Waals surface area contributed by atoms with Crippen molar-refractivity contribution in [2.45, 2.75) is 12.8 Å². The molecule has 7 heteroatoms. The molecule has 3 heterocycles. The molecule has 1 amide bonds. The van der Waals surface area contributed by atoms with Crippen LogP contribution in [-0.4, -0.2) is 32.0 Å². The van der Waals surface area contributed by atoms with Gasteiger partial charge in [-0.3, -0.25) is 4.79 Å². The zero-order valence-corrected chi connectivity index (χ0v) is 12.7. The lowest BCUT2D eigenvalue weighted by molar-refractivity contribution is -0.116. The second-order valence-electron chi connectivity index (χ2n) is 4.71. The molecule has 3 aromatic rings. The van der Waals surface area contributed by atoms with Crippen molar-refractivity contribution >= 4 is 29.1 Å². The molecule has 0 aromatic carbocycles. The molecule has 6 nitrogen and oxygen atoms in total. The summed E-state index contributed by atoms with van der Waals surface area (Å²) in [5, 5.41) is 8.90. The third-order valence-corrected chi connectivity index (χ3v) is 3.91. The van der Waals surface area contributed by atoms with Crippen molar-refractivity contribution in [3.63, 3.8) is 0 Å². The highest BCUT2D eigenvalue weighted by atomic mass is 32.1. The predicted molar refractivity (Wildman–Crippen MR) is 85.5 cm³/mol. The van der Waals surface area contributed by atoms with Gasteiger partial charge < -0.3 is 5.32 Å². The number of aryl methyl sites for hydroxylation is 1. The third-order valence-electron chi connectivity index (χ3n) is 3.07. The van der Waals surface area contributed by atoms with Crippen LogP contribution in [-0.2, 0) is 11.2 Å². The molecule has 3 aromatic heterocycles. The Morgan fingerprint density at radius 3 is 3.23 bits per heavy atom. The Morgan fingerprint density at radius 1 is 1.41 bits per heavy atom. The molecule has 0 saturated heterocycles. The van der Waals surface area contributed by atoms with Gasteiger partial charge in [0.05, 0.1) is 0 Å². The zero-order valence-electron chi connectivity index (χ0n) is 11.8. The highest BCUT2D eigenvalue weighted by Crippen LogP contribution is 2.09. The Balaban J connectivity index is 1.42. The summed E-state index contributed by atoms with van der Waals surface area (Å²) in [7, 11) is 0. The smallest absolute Gasteiger partial charge is 0.252 e. The van der Waals surface area contributed by atoms with Gasteiger partial charge in [0, 0.05) is 29.9 Å². The van der Waals surface area contributed by atoms with Crippen molar-refractivity contribution in [1.82, 2.24) is 24.9 Å². The summed E-state index contributed by atoms with van der Waals surface area (Å²) in [4.78, 5) is 20.9. The lowest BCUT2D eigenvalue weighted by Crippen LogP contribution is -2.22. The van der Waals surface area contributed by atoms with E-state index in [0.29, 0.717) is 12.3 Å². The van der Waals surface area contributed by atoms with Gasteiger partial charge in [-0.15, -0.1) is 11.3 Å². The number of carbonyl (C=O) groups excluding carboxylic acids is 1. The first-order valence-corrected chi connectivity index (χ1v) is 7.83. The van der Waals surface area contributed by atoms with Crippen molar-refractivity contribution in [3.05, 3.63) is 52.8 Å². The second-order valence-corrected chi connectivity index (χ2v) is 5.69. The largest absolute Gasteiger partial charge is 0.353 e. The average molecular weight is 313 g/mol. The quantitative estimate of drug-likeness (QED) is 0.558. The van der Waals surface area contributed by atoms with Crippen molar-refractivity contribution in [2.75, 3.05) is 6.54 Å². The van der Waals surface area contributed by atoms with Crippen LogP contribution in [0.2, 0.25) is 0 Å². The van der Waals surface area contributed by atoms with Gasteiger partial charge in [0.25, 0.3) is 5.78 Å². The van der Waals surface area contributed by atoms with E-state index in [1.54, 1.807) is 28.1 Å². The molecule has 0 aliphatic heterocycles. The summed E-state index contributed by atoms with van der Waals surface area (Å²) in [6.45, 7) is 0.628. The first-order valence-electron chi connectivity index (χ1n) is 6.95. The van der Waals surface area contributed by atoms with Crippen LogP contribution in [0.4, 0.5) is 0 Å². The monoisotopic (exact) mass is 313 g/mol. The Kier molecular flexibility index (Phi) is 4.55. The Labute approximate surface area is 131 Å². The van der Waals surface area contributed by atoms with Crippen LogP contribution in [0.25, 0.3) is 11.9 Å². The average Bonchev–Trinajstić information content (AvgIpc) is 3.20. The van der Waals surface area contributed by atoms with Crippen LogP contribution in [0.5, 0.6) is 0 Å². The molecule has 0 saturated carbocycles. The Bertz CT molecular complexity index is 778. The van der Waals surface area contributed by atoms with Crippen LogP contribution < -0.4 is 5.32 Å². The third kappa shape index (κ3) is 3.76. The van der Waals surface area contributed by atoms with E-state index < -0.39 is 0 Å². The molecular weight excluding hydrogens is 298 g/mol. The maximum Gasteiger partial charge on any atom is 0.252 e. The number of nitrogens with one attached hydrogen (secondary N) is 1. The lowest BCUT2D eigenvalue weighted by atomic mass is 10.2. The summed E-state index contributed by atoms with van der Waals surface area (Å²) in [5.41, 5.74) is 1.07. The molecule has 0 aliphatic carbocycles. The van der Waals surface area contributed by atoms with Gasteiger partial charge in [0.2, 0.25) is 5.91 Å². The number of fused-ring (bicyclic) bond motifs is 1. The van der Waals surface area contributed by atoms with E-state index >= 15 is 0 Å². The number of carbonyl (C=O) groups is 1. The minimum absolute atomic E-state index is 0.0711. The minimum Gasteiger partial charge on any atom is -0.353 e. The van der Waals surface area contributed by atoms with Crippen LogP contribution in [0.15, 0.2) is 42.3 Å². The maximum absolute atomic E-state index is 11.7. The maximum atomic E-state index is 11.7. The number of hydrogen-bond acceptors (Lipinski definition) is 5. The molecule has 0 aliphatic rings. The summed E-state index contributed by atoms with van der Waals surface area (Å²) in [5.74, 6) is 0.522. The number of nitrogens with zero attached hydrogens (tertiary/aromatic N) is 4. The predicted octanol–water partition coefficient (Wildman–Crippen LogP) is 1.95. The van der Waals surface area contributed by atoms with Crippen molar-refractivity contribution < 1.29 is 4.79 Å². The van der Waals surface area contributed by atoms with E-state index in [2.05, 4.69) is 20.4 Å². The number of hydrogen-bond donors (Lipinski definition) is 1. The van der Waals surface area contributed by atoms with Gasteiger partial charge in [0.15, 0.2) is 0 Å². The fraction of sp³-hybridized carbons (Fsp3) is 0.200. The van der Waals surface area contributed by atoms with Gasteiger partial charge in [-0.25, -0.2) is 9.50 Å². The van der Waals surface area contributed by atoms with Crippen LogP contribution in [0, 0.1) is 0 Å². The lowest BCUT2D eigenvalue weighted by Gasteiger charge is -2.03. The van der Waals surface area contributed by atoms with Gasteiger partial charge in [-0.05, 0) is 35.9 Å². The highest BCUT2D eigenvalue weighted by molar-refractivity contribution is 7.10. The number of thiophene rings is 1. The zero-order chi connectivity index (χ0) is 15.2. The van der Waals surface area contributed by atoms with Crippen molar-refractivity contribution in [3.8, 4) is 0 Å². The van der Waals surface area contributed by atoms with Gasteiger partial charge in [-0.2, -0.15) is 10.1 Å². The molecule has 0 spiro atoms. The molecular formula is C15H15N5OS. The van der Waals surface area contributed by atoms with Crippen molar-refractivity contribution in [1.29, 1.82) is 0 Å². The van der Waals surface area contributed by atoms with Crippen LogP contribution in [0.3, 0.4) is 0 Å². The SMILES string of the molecule is O=C(C=Cc1cccs1)NCCCc1cnc2ncnn2c1. The Hall–Kier alpha value is -2.54. The van der Waals surface area contributed by atoms with Crippen molar-refractivity contribution in [2.24, 2.45) is 0 Å². The molecule has 1 N–H and O–H groups in total. The molecule has 0 bridgehead atoms.